The average molecular weight is 371 g/mol. The summed E-state index contributed by atoms with van der Waals surface area (Å²) in [4.78, 5) is 37.2. The van der Waals surface area contributed by atoms with Crippen molar-refractivity contribution in [3.05, 3.63) is 0 Å². The fourth-order valence-corrected chi connectivity index (χ4v) is 3.47. The molecule has 13 heteroatoms. The second kappa shape index (κ2) is 7.14. The van der Waals surface area contributed by atoms with Crippen LogP contribution in [-0.2, 0) is 24.3 Å². The number of nitrogens with zero attached hydrogens (tertiary/aromatic N) is 3. The Hall–Kier alpha value is -0.920. The van der Waals surface area contributed by atoms with Crippen LogP contribution in [0.15, 0.2) is 0 Å². The Labute approximate surface area is 160 Å². The van der Waals surface area contributed by atoms with Gasteiger partial charge in [0.25, 0.3) is 5.91 Å². The number of rotatable bonds is 4. The van der Waals surface area contributed by atoms with Crippen LogP contribution in [0.2, 0.25) is 0 Å². The minimum Gasteiger partial charge on any atom is -0.309 e. The van der Waals surface area contributed by atoms with Gasteiger partial charge in [0, 0.05) is 49.1 Å². The number of nitrogens with one attached hydrogen (secondary N) is 1. The smallest absolute Gasteiger partial charge is 0.309 e. The normalized spacial score (nSPS) is 26.6. The Bertz CT molecular complexity index is 657. The molecule has 3 heterocycles. The van der Waals surface area contributed by atoms with Gasteiger partial charge >= 0.3 is 16.4 Å². The van der Waals surface area contributed by atoms with Gasteiger partial charge in [0.05, 0.1) is 6.04 Å². The van der Waals surface area contributed by atoms with Crippen molar-refractivity contribution in [1.82, 2.24) is 20.4 Å². The van der Waals surface area contributed by atoms with E-state index in [1.807, 2.05) is 0 Å². The number of hydrogen-bond donors (Lipinski definition) is 2. The molecule has 3 aliphatic heterocycles. The molecule has 11 nitrogen and oxygen atoms in total. The largest absolute Gasteiger partial charge is 0.418 e. The van der Waals surface area contributed by atoms with Crippen molar-refractivity contribution >= 4 is 57.8 Å². The molecule has 0 aromatic heterocycles. The molecule has 0 saturated carbocycles. The SMILES string of the molecule is O=C(NN1CCCC1=O)C1CCC2CN1C(=O)N2OS(=O)(=O)O.[Na]. The van der Waals surface area contributed by atoms with E-state index in [-0.39, 0.29) is 42.0 Å². The van der Waals surface area contributed by atoms with E-state index < -0.39 is 34.4 Å². The third-order valence-electron chi connectivity index (χ3n) is 4.12. The van der Waals surface area contributed by atoms with Crippen LogP contribution in [0.1, 0.15) is 25.7 Å². The monoisotopic (exact) mass is 371 g/mol. The summed E-state index contributed by atoms with van der Waals surface area (Å²) in [5, 5.41) is 1.80. The van der Waals surface area contributed by atoms with Gasteiger partial charge in [0.2, 0.25) is 5.91 Å². The zero-order valence-electron chi connectivity index (χ0n) is 13.0. The molecular weight excluding hydrogens is 355 g/mol. The molecule has 0 spiro atoms. The van der Waals surface area contributed by atoms with Crippen molar-refractivity contribution in [1.29, 1.82) is 0 Å². The number of fused-ring (bicyclic) bond motifs is 2. The maximum Gasteiger partial charge on any atom is 0.418 e. The number of amides is 4. The number of carbonyl (C=O) groups excluding carboxylic acids is 3. The van der Waals surface area contributed by atoms with Gasteiger partial charge in [-0.2, -0.15) is 13.5 Å². The minimum absolute atomic E-state index is 0. The molecule has 2 atom stereocenters. The summed E-state index contributed by atoms with van der Waals surface area (Å²) in [6.07, 6.45) is 1.66. The molecule has 3 rings (SSSR count). The number of hydrazine groups is 1. The van der Waals surface area contributed by atoms with Gasteiger partial charge in [0.1, 0.15) is 6.04 Å². The van der Waals surface area contributed by atoms with Crippen LogP contribution in [-0.4, -0.2) is 101 Å². The van der Waals surface area contributed by atoms with Crippen molar-refractivity contribution in [3.63, 3.8) is 0 Å². The van der Waals surface area contributed by atoms with E-state index in [0.29, 0.717) is 37.3 Å². The second-order valence-corrected chi connectivity index (χ2v) is 6.64. The molecule has 129 valence electrons. The van der Waals surface area contributed by atoms with E-state index >= 15 is 0 Å². The molecule has 4 amide bonds. The van der Waals surface area contributed by atoms with E-state index in [2.05, 4.69) is 9.71 Å². The molecule has 3 fully saturated rings. The third kappa shape index (κ3) is 3.83. The number of piperidine rings is 1. The summed E-state index contributed by atoms with van der Waals surface area (Å²) in [6.45, 7) is 0.534. The molecule has 3 saturated heterocycles. The summed E-state index contributed by atoms with van der Waals surface area (Å²) in [5.74, 6) is -0.683. The van der Waals surface area contributed by atoms with Gasteiger partial charge in [-0.15, -0.1) is 4.28 Å². The molecule has 0 aliphatic carbocycles. The minimum atomic E-state index is -4.82. The van der Waals surface area contributed by atoms with Gasteiger partial charge in [0.15, 0.2) is 0 Å². The average Bonchev–Trinajstić information content (AvgIpc) is 2.96. The Morgan fingerprint density at radius 1 is 1.29 bits per heavy atom. The second-order valence-electron chi connectivity index (χ2n) is 5.63. The molecule has 1 radical (unpaired) electrons. The first-order chi connectivity index (χ1) is 10.8. The summed E-state index contributed by atoms with van der Waals surface area (Å²) in [7, 11) is -4.82. The number of hydrogen-bond acceptors (Lipinski definition) is 6. The zero-order chi connectivity index (χ0) is 16.8. The van der Waals surface area contributed by atoms with E-state index in [4.69, 9.17) is 4.55 Å². The standard InChI is InChI=1S/C11H16N4O7S.Na/c16-9-2-1-5-14(9)12-10(17)8-4-3-7-6-13(8)11(18)15(7)22-23(19,20)21;/h7-8H,1-6H2,(H,12,17)(H,19,20,21);. The fourth-order valence-electron chi connectivity index (χ4n) is 3.08. The van der Waals surface area contributed by atoms with Crippen LogP contribution in [0.5, 0.6) is 0 Å². The summed E-state index contributed by atoms with van der Waals surface area (Å²) < 4.78 is 34.6. The number of urea groups is 1. The first-order valence-corrected chi connectivity index (χ1v) is 8.50. The predicted molar refractivity (Wildman–Crippen MR) is 78.2 cm³/mol. The molecule has 2 unspecified atom stereocenters. The van der Waals surface area contributed by atoms with Crippen molar-refractivity contribution in [2.75, 3.05) is 13.1 Å². The molecule has 3 aliphatic rings. The van der Waals surface area contributed by atoms with Crippen LogP contribution in [0, 0.1) is 0 Å². The van der Waals surface area contributed by atoms with Crippen LogP contribution in [0.3, 0.4) is 0 Å². The van der Waals surface area contributed by atoms with Gasteiger partial charge in [-0.1, -0.05) is 0 Å². The van der Waals surface area contributed by atoms with E-state index in [9.17, 15) is 22.8 Å². The molecule has 24 heavy (non-hydrogen) atoms. The van der Waals surface area contributed by atoms with Crippen LogP contribution in [0.25, 0.3) is 0 Å². The summed E-state index contributed by atoms with van der Waals surface area (Å²) >= 11 is 0. The Morgan fingerprint density at radius 3 is 2.58 bits per heavy atom. The molecule has 2 bridgehead atoms. The van der Waals surface area contributed by atoms with Gasteiger partial charge in [-0.05, 0) is 19.3 Å². The Balaban J connectivity index is 0.00000208. The molecule has 0 aromatic rings. The van der Waals surface area contributed by atoms with E-state index in [1.165, 1.54) is 9.91 Å². The maximum absolute atomic E-state index is 12.3. The van der Waals surface area contributed by atoms with E-state index in [1.54, 1.807) is 0 Å². The van der Waals surface area contributed by atoms with Crippen LogP contribution < -0.4 is 5.43 Å². The van der Waals surface area contributed by atoms with Crippen molar-refractivity contribution < 1.29 is 31.6 Å². The number of hydroxylamine groups is 2. The fraction of sp³-hybridized carbons (Fsp3) is 0.727. The summed E-state index contributed by atoms with van der Waals surface area (Å²) in [6, 6.07) is -2.18. The zero-order valence-corrected chi connectivity index (χ0v) is 15.9. The maximum atomic E-state index is 12.3. The topological polar surface area (TPSA) is 137 Å². The first-order valence-electron chi connectivity index (χ1n) is 7.14. The quantitative estimate of drug-likeness (QED) is 0.442. The molecule has 2 N–H and O–H groups in total. The van der Waals surface area contributed by atoms with E-state index in [0.717, 1.165) is 0 Å². The van der Waals surface area contributed by atoms with Crippen LogP contribution in [0.4, 0.5) is 4.79 Å². The third-order valence-corrected chi connectivity index (χ3v) is 4.47. The van der Waals surface area contributed by atoms with Gasteiger partial charge < -0.3 is 4.90 Å². The van der Waals surface area contributed by atoms with Gasteiger partial charge in [-0.25, -0.2) is 4.79 Å². The van der Waals surface area contributed by atoms with Crippen LogP contribution >= 0.6 is 0 Å². The van der Waals surface area contributed by atoms with Crippen molar-refractivity contribution in [3.8, 4) is 0 Å². The predicted octanol–water partition coefficient (Wildman–Crippen LogP) is -1.74. The summed E-state index contributed by atoms with van der Waals surface area (Å²) in [5.41, 5.74) is 2.49. The molecular formula is C11H16N4NaO7S. The number of carbonyl (C=O) groups is 3. The first kappa shape index (κ1) is 19.4. The Kier molecular flexibility index (Phi) is 5.77. The van der Waals surface area contributed by atoms with Crippen molar-refractivity contribution in [2.24, 2.45) is 0 Å². The van der Waals surface area contributed by atoms with Crippen molar-refractivity contribution in [2.45, 2.75) is 37.8 Å². The van der Waals surface area contributed by atoms with Gasteiger partial charge in [-0.3, -0.25) is 24.6 Å². The molecule has 0 aromatic carbocycles. The Morgan fingerprint density at radius 2 is 2.00 bits per heavy atom.